The lowest BCUT2D eigenvalue weighted by Gasteiger charge is -2.00. The molecule has 1 atom stereocenters. The minimum atomic E-state index is -0.257. The minimum Gasteiger partial charge on any atom is -0.508 e. The summed E-state index contributed by atoms with van der Waals surface area (Å²) in [6.45, 7) is 1.84. The molecule has 0 bridgehead atoms. The highest BCUT2D eigenvalue weighted by atomic mass is 16.7. The Labute approximate surface area is 116 Å². The molecule has 0 amide bonds. The first-order valence-electron chi connectivity index (χ1n) is 6.28. The smallest absolute Gasteiger partial charge is 0.238 e. The molecule has 4 nitrogen and oxygen atoms in total. The van der Waals surface area contributed by atoms with E-state index in [-0.39, 0.29) is 17.8 Å². The summed E-state index contributed by atoms with van der Waals surface area (Å²) in [6, 6.07) is 10.1. The Balaban J connectivity index is 1.84. The van der Waals surface area contributed by atoms with Crippen LogP contribution >= 0.6 is 0 Å². The second-order valence-electron chi connectivity index (χ2n) is 4.63. The highest BCUT2D eigenvalue weighted by Gasteiger charge is 2.19. The van der Waals surface area contributed by atoms with Crippen molar-refractivity contribution in [3.05, 3.63) is 47.5 Å². The zero-order valence-corrected chi connectivity index (χ0v) is 10.9. The number of fused-ring (bicyclic) bond motifs is 1. The molecular weight excluding hydrogens is 256 g/mol. The van der Waals surface area contributed by atoms with E-state index in [1.165, 1.54) is 6.07 Å². The van der Waals surface area contributed by atoms with Gasteiger partial charge in [-0.25, -0.2) is 0 Å². The van der Waals surface area contributed by atoms with Crippen molar-refractivity contribution in [3.8, 4) is 23.0 Å². The van der Waals surface area contributed by atoms with E-state index in [1.54, 1.807) is 18.2 Å². The quantitative estimate of drug-likeness (QED) is 0.821. The molecule has 1 aliphatic heterocycles. The van der Waals surface area contributed by atoms with E-state index in [0.717, 1.165) is 17.1 Å². The van der Waals surface area contributed by atoms with Crippen molar-refractivity contribution in [1.29, 1.82) is 0 Å². The minimum absolute atomic E-state index is 0.0316. The van der Waals surface area contributed by atoms with Crippen molar-refractivity contribution < 1.29 is 19.7 Å². The maximum Gasteiger partial charge on any atom is 0.238 e. The molecule has 1 unspecified atom stereocenters. The van der Waals surface area contributed by atoms with Crippen molar-refractivity contribution in [2.75, 3.05) is 0 Å². The van der Waals surface area contributed by atoms with Gasteiger partial charge in [-0.3, -0.25) is 0 Å². The van der Waals surface area contributed by atoms with E-state index in [9.17, 15) is 10.2 Å². The van der Waals surface area contributed by atoms with Crippen LogP contribution < -0.4 is 9.47 Å². The third kappa shape index (κ3) is 2.54. The van der Waals surface area contributed by atoms with Crippen LogP contribution in [0.1, 0.15) is 18.1 Å². The Morgan fingerprint density at radius 3 is 2.25 bits per heavy atom. The van der Waals surface area contributed by atoms with Gasteiger partial charge in [0.25, 0.3) is 0 Å². The van der Waals surface area contributed by atoms with E-state index in [4.69, 9.17) is 9.47 Å². The van der Waals surface area contributed by atoms with E-state index >= 15 is 0 Å². The SMILES string of the molecule is CC1Oc2ccc(/C=C/c3cc(O)cc(O)c3)cc2O1. The highest BCUT2D eigenvalue weighted by Crippen LogP contribution is 2.35. The van der Waals surface area contributed by atoms with Crippen LogP contribution in [0.2, 0.25) is 0 Å². The maximum atomic E-state index is 9.42. The normalized spacial score (nSPS) is 16.8. The van der Waals surface area contributed by atoms with Crippen molar-refractivity contribution >= 4 is 12.2 Å². The molecule has 3 rings (SSSR count). The largest absolute Gasteiger partial charge is 0.508 e. The maximum absolute atomic E-state index is 9.42. The average Bonchev–Trinajstić information content (AvgIpc) is 2.74. The van der Waals surface area contributed by atoms with Gasteiger partial charge in [-0.05, 0) is 35.4 Å². The van der Waals surface area contributed by atoms with Crippen LogP contribution in [-0.2, 0) is 0 Å². The van der Waals surface area contributed by atoms with Crippen LogP contribution in [0.15, 0.2) is 36.4 Å². The number of benzene rings is 2. The molecule has 0 aliphatic carbocycles. The lowest BCUT2D eigenvalue weighted by atomic mass is 10.1. The molecule has 4 heteroatoms. The molecule has 102 valence electrons. The summed E-state index contributed by atoms with van der Waals surface area (Å²) in [4.78, 5) is 0. The van der Waals surface area contributed by atoms with Crippen LogP contribution in [0.25, 0.3) is 12.2 Å². The third-order valence-corrected chi connectivity index (χ3v) is 2.95. The molecule has 2 N–H and O–H groups in total. The van der Waals surface area contributed by atoms with Crippen LogP contribution in [0.3, 0.4) is 0 Å². The summed E-state index contributed by atoms with van der Waals surface area (Å²) in [5.74, 6) is 1.52. The predicted molar refractivity (Wildman–Crippen MR) is 75.9 cm³/mol. The van der Waals surface area contributed by atoms with Gasteiger partial charge in [0, 0.05) is 13.0 Å². The number of hydrogen-bond acceptors (Lipinski definition) is 4. The fourth-order valence-electron chi connectivity index (χ4n) is 2.11. The van der Waals surface area contributed by atoms with Gasteiger partial charge in [0.2, 0.25) is 6.29 Å². The summed E-state index contributed by atoms with van der Waals surface area (Å²) in [5.41, 5.74) is 1.66. The van der Waals surface area contributed by atoms with E-state index in [2.05, 4.69) is 0 Å². The first-order chi connectivity index (χ1) is 9.60. The average molecular weight is 270 g/mol. The number of hydrogen-bond donors (Lipinski definition) is 2. The van der Waals surface area contributed by atoms with Gasteiger partial charge in [0.1, 0.15) is 11.5 Å². The van der Waals surface area contributed by atoms with Gasteiger partial charge in [0.05, 0.1) is 0 Å². The van der Waals surface area contributed by atoms with Crippen molar-refractivity contribution in [3.63, 3.8) is 0 Å². The van der Waals surface area contributed by atoms with Crippen molar-refractivity contribution in [2.45, 2.75) is 13.2 Å². The summed E-state index contributed by atoms with van der Waals surface area (Å²) in [7, 11) is 0. The molecule has 2 aromatic rings. The van der Waals surface area contributed by atoms with Crippen LogP contribution in [0.5, 0.6) is 23.0 Å². The Morgan fingerprint density at radius 2 is 1.50 bits per heavy atom. The molecule has 0 fully saturated rings. The van der Waals surface area contributed by atoms with Gasteiger partial charge < -0.3 is 19.7 Å². The van der Waals surface area contributed by atoms with Gasteiger partial charge in [-0.15, -0.1) is 0 Å². The van der Waals surface area contributed by atoms with Gasteiger partial charge in [0.15, 0.2) is 11.5 Å². The Hall–Kier alpha value is -2.62. The topological polar surface area (TPSA) is 58.9 Å². The van der Waals surface area contributed by atoms with Gasteiger partial charge >= 0.3 is 0 Å². The number of phenolic OH excluding ortho intramolecular Hbond substituents is 2. The molecule has 0 aromatic heterocycles. The Bertz CT molecular complexity index is 656. The summed E-state index contributed by atoms with van der Waals surface area (Å²) < 4.78 is 10.9. The number of phenols is 2. The monoisotopic (exact) mass is 270 g/mol. The standard InChI is InChI=1S/C16H14O4/c1-10-19-15-5-4-11(8-16(15)20-10)2-3-12-6-13(17)9-14(18)7-12/h2-10,17-18H,1H3/b3-2+. The van der Waals surface area contributed by atoms with E-state index < -0.39 is 0 Å². The van der Waals surface area contributed by atoms with Gasteiger partial charge in [-0.2, -0.15) is 0 Å². The lowest BCUT2D eigenvalue weighted by molar-refractivity contribution is 0.0678. The number of ether oxygens (including phenoxy) is 2. The highest BCUT2D eigenvalue weighted by molar-refractivity contribution is 5.72. The second-order valence-corrected chi connectivity index (χ2v) is 4.63. The number of rotatable bonds is 2. The molecule has 0 saturated carbocycles. The molecule has 1 aliphatic rings. The second kappa shape index (κ2) is 4.81. The van der Waals surface area contributed by atoms with Gasteiger partial charge in [-0.1, -0.05) is 18.2 Å². The molecule has 20 heavy (non-hydrogen) atoms. The molecule has 2 aromatic carbocycles. The molecular formula is C16H14O4. The van der Waals surface area contributed by atoms with E-state index in [1.807, 2.05) is 31.2 Å². The lowest BCUT2D eigenvalue weighted by Crippen LogP contribution is -2.11. The van der Waals surface area contributed by atoms with Crippen LogP contribution in [-0.4, -0.2) is 16.5 Å². The molecule has 0 radical (unpaired) electrons. The van der Waals surface area contributed by atoms with E-state index in [0.29, 0.717) is 5.56 Å². The molecule has 0 spiro atoms. The summed E-state index contributed by atoms with van der Waals surface area (Å²) in [6.07, 6.45) is 3.42. The van der Waals surface area contributed by atoms with Crippen LogP contribution in [0.4, 0.5) is 0 Å². The first kappa shape index (κ1) is 12.4. The third-order valence-electron chi connectivity index (χ3n) is 2.95. The number of aromatic hydroxyl groups is 2. The molecule has 1 heterocycles. The Morgan fingerprint density at radius 1 is 0.850 bits per heavy atom. The summed E-state index contributed by atoms with van der Waals surface area (Å²) >= 11 is 0. The van der Waals surface area contributed by atoms with Crippen LogP contribution in [0, 0.1) is 0 Å². The first-order valence-corrected chi connectivity index (χ1v) is 6.28. The Kier molecular flexibility index (Phi) is 2.99. The summed E-state index contributed by atoms with van der Waals surface area (Å²) in [5, 5.41) is 18.8. The molecule has 0 saturated heterocycles. The van der Waals surface area contributed by atoms with Crippen molar-refractivity contribution in [2.24, 2.45) is 0 Å². The zero-order valence-electron chi connectivity index (χ0n) is 10.9. The predicted octanol–water partition coefficient (Wildman–Crippen LogP) is 3.39. The fraction of sp³-hybridized carbons (Fsp3) is 0.125. The van der Waals surface area contributed by atoms with Crippen molar-refractivity contribution in [1.82, 2.24) is 0 Å². The zero-order chi connectivity index (χ0) is 14.1. The fourth-order valence-corrected chi connectivity index (χ4v) is 2.11.